The van der Waals surface area contributed by atoms with Crippen molar-refractivity contribution < 1.29 is 29.2 Å². The van der Waals surface area contributed by atoms with E-state index in [0.717, 1.165) is 42.6 Å². The van der Waals surface area contributed by atoms with Crippen LogP contribution in [-0.2, 0) is 14.2 Å². The van der Waals surface area contributed by atoms with Gasteiger partial charge in [-0.1, -0.05) is 137 Å². The lowest BCUT2D eigenvalue weighted by Crippen LogP contribution is -2.25. The fraction of sp³-hybridized carbons (Fsp3) is 0.378. The molecule has 0 fully saturated rings. The maximum Gasteiger partial charge on any atom is 0.127 e. The highest BCUT2D eigenvalue weighted by atomic mass is 16.5. The van der Waals surface area contributed by atoms with Crippen LogP contribution in [0.4, 0.5) is 0 Å². The van der Waals surface area contributed by atoms with Crippen LogP contribution in [0.1, 0.15) is 97.6 Å². The van der Waals surface area contributed by atoms with Crippen LogP contribution in [0.3, 0.4) is 0 Å². The molecule has 0 radical (unpaired) electrons. The van der Waals surface area contributed by atoms with Crippen LogP contribution < -0.4 is 4.74 Å². The molecule has 0 heterocycles. The van der Waals surface area contributed by atoms with Gasteiger partial charge in [0.1, 0.15) is 18.5 Å². The monoisotopic (exact) mass is 694 g/mol. The van der Waals surface area contributed by atoms with Gasteiger partial charge in [0.2, 0.25) is 0 Å². The highest BCUT2D eigenvalue weighted by Gasteiger charge is 2.25. The minimum Gasteiger partial charge on any atom is -0.502 e. The molecule has 0 aliphatic rings. The first kappa shape index (κ1) is 41.1. The Morgan fingerprint density at radius 1 is 0.569 bits per heavy atom. The molecule has 0 aliphatic carbocycles. The number of ether oxygens (including phenoxy) is 4. The van der Waals surface area contributed by atoms with Crippen molar-refractivity contribution in [2.45, 2.75) is 70.3 Å². The minimum absolute atomic E-state index is 0.0898. The Morgan fingerprint density at radius 3 is 1.45 bits per heavy atom. The van der Waals surface area contributed by atoms with E-state index in [0.29, 0.717) is 19.8 Å². The van der Waals surface area contributed by atoms with Crippen molar-refractivity contribution in [1.29, 1.82) is 0 Å². The van der Waals surface area contributed by atoms with Gasteiger partial charge < -0.3 is 29.2 Å². The van der Waals surface area contributed by atoms with E-state index < -0.39 is 6.10 Å². The maximum absolute atomic E-state index is 10.8. The number of rotatable bonds is 22. The summed E-state index contributed by atoms with van der Waals surface area (Å²) in [7, 11) is 0. The molecule has 274 valence electrons. The molecule has 0 bridgehead atoms. The van der Waals surface area contributed by atoms with Gasteiger partial charge in [0.05, 0.1) is 32.3 Å². The predicted octanol–water partition coefficient (Wildman–Crippen LogP) is 9.76. The Morgan fingerprint density at radius 2 is 1.00 bits per heavy atom. The van der Waals surface area contributed by atoms with E-state index in [1.807, 2.05) is 12.1 Å². The van der Waals surface area contributed by atoms with Crippen molar-refractivity contribution in [2.24, 2.45) is 0 Å². The molecule has 4 atom stereocenters. The smallest absolute Gasteiger partial charge is 0.127 e. The van der Waals surface area contributed by atoms with Crippen LogP contribution in [0.5, 0.6) is 5.75 Å². The van der Waals surface area contributed by atoms with Crippen molar-refractivity contribution in [3.05, 3.63) is 162 Å². The molecule has 0 aliphatic heterocycles. The summed E-state index contributed by atoms with van der Waals surface area (Å²) in [6, 6.07) is 36.4. The summed E-state index contributed by atoms with van der Waals surface area (Å²) in [6.45, 7) is 16.2. The van der Waals surface area contributed by atoms with E-state index in [2.05, 4.69) is 125 Å². The Balaban J connectivity index is 0.000000783. The van der Waals surface area contributed by atoms with Crippen molar-refractivity contribution in [3.63, 3.8) is 0 Å². The van der Waals surface area contributed by atoms with Crippen LogP contribution in [0, 0.1) is 0 Å². The molecule has 6 heteroatoms. The molecule has 2 N–H and O–H groups in total. The van der Waals surface area contributed by atoms with Gasteiger partial charge in [0.25, 0.3) is 0 Å². The molecule has 0 saturated carbocycles. The maximum atomic E-state index is 10.8. The van der Waals surface area contributed by atoms with Crippen molar-refractivity contribution in [1.82, 2.24) is 0 Å². The van der Waals surface area contributed by atoms with Crippen LogP contribution in [0.2, 0.25) is 0 Å². The van der Waals surface area contributed by atoms with Crippen molar-refractivity contribution >= 4 is 0 Å². The Kier molecular flexibility index (Phi) is 19.3. The lowest BCUT2D eigenvalue weighted by molar-refractivity contribution is 0.00980. The van der Waals surface area contributed by atoms with E-state index in [9.17, 15) is 5.11 Å². The summed E-state index contributed by atoms with van der Waals surface area (Å²) < 4.78 is 22.3. The van der Waals surface area contributed by atoms with Crippen molar-refractivity contribution in [3.8, 4) is 5.75 Å². The highest BCUT2D eigenvalue weighted by molar-refractivity contribution is 5.54. The molecule has 6 nitrogen and oxygen atoms in total. The second-order valence-corrected chi connectivity index (χ2v) is 12.7. The minimum atomic E-state index is -0.743. The molecule has 0 amide bonds. The molecule has 4 aromatic rings. The highest BCUT2D eigenvalue weighted by Crippen LogP contribution is 2.42. The zero-order chi connectivity index (χ0) is 36.7. The van der Waals surface area contributed by atoms with Gasteiger partial charge in [0.15, 0.2) is 0 Å². The summed E-state index contributed by atoms with van der Waals surface area (Å²) in [5.74, 6) is 1.23. The van der Waals surface area contributed by atoms with Crippen LogP contribution in [0.25, 0.3) is 0 Å². The quantitative estimate of drug-likeness (QED) is 0.0630. The fourth-order valence-corrected chi connectivity index (χ4v) is 5.84. The van der Waals surface area contributed by atoms with E-state index in [4.69, 9.17) is 24.1 Å². The molecule has 4 unspecified atom stereocenters. The van der Waals surface area contributed by atoms with Crippen LogP contribution >= 0.6 is 0 Å². The Labute approximate surface area is 306 Å². The zero-order valence-corrected chi connectivity index (χ0v) is 30.8. The first-order chi connectivity index (χ1) is 24.9. The standard InChI is InChI=1S/C39H46O4.C6H12O2/c1-5-41-23-15-16-24-42-27-36(40)28-43-39-37(30(3)33-19-11-7-12-20-33)25-35(29(2)32-17-9-6-10-18-32)26-38(39)31(4)34-21-13-8-14-22-34;1-2-8-6-4-3-5-7/h5-14,17-22,25-26,29-31,36,40H,1,15-16,23-24,27-28H2,2-4H3;2,7H,1,3-6H2. The Bertz CT molecular complexity index is 1440. The fourth-order valence-electron chi connectivity index (χ4n) is 5.84. The van der Waals surface area contributed by atoms with Gasteiger partial charge in [-0.25, -0.2) is 0 Å². The van der Waals surface area contributed by atoms with Gasteiger partial charge in [-0.3, -0.25) is 0 Å². The zero-order valence-electron chi connectivity index (χ0n) is 30.8. The number of hydrogen-bond donors (Lipinski definition) is 2. The average Bonchev–Trinajstić information content (AvgIpc) is 3.18. The van der Waals surface area contributed by atoms with Crippen LogP contribution in [0.15, 0.2) is 129 Å². The van der Waals surface area contributed by atoms with Gasteiger partial charge >= 0.3 is 0 Å². The third-order valence-corrected chi connectivity index (χ3v) is 8.94. The normalized spacial score (nSPS) is 13.1. The van der Waals surface area contributed by atoms with E-state index >= 15 is 0 Å². The molecular formula is C45H58O6. The number of aliphatic hydroxyl groups excluding tert-OH is 2. The van der Waals surface area contributed by atoms with Crippen LogP contribution in [-0.4, -0.2) is 56.0 Å². The van der Waals surface area contributed by atoms with E-state index in [1.165, 1.54) is 34.8 Å². The molecule has 51 heavy (non-hydrogen) atoms. The number of benzene rings is 4. The van der Waals surface area contributed by atoms with Gasteiger partial charge in [-0.05, 0) is 47.9 Å². The summed E-state index contributed by atoms with van der Waals surface area (Å²) in [5, 5.41) is 19.1. The Hall–Kier alpha value is -4.36. The predicted molar refractivity (Wildman–Crippen MR) is 208 cm³/mol. The molecular weight excluding hydrogens is 636 g/mol. The second kappa shape index (κ2) is 23.9. The lowest BCUT2D eigenvalue weighted by Gasteiger charge is -2.27. The summed E-state index contributed by atoms with van der Waals surface area (Å²) in [6.07, 6.45) is 5.59. The first-order valence-corrected chi connectivity index (χ1v) is 18.2. The molecule has 4 rings (SSSR count). The summed E-state index contributed by atoms with van der Waals surface area (Å²) in [4.78, 5) is 0. The third-order valence-electron chi connectivity index (χ3n) is 8.94. The first-order valence-electron chi connectivity index (χ1n) is 18.2. The number of hydrogen-bond acceptors (Lipinski definition) is 6. The summed E-state index contributed by atoms with van der Waals surface area (Å²) >= 11 is 0. The SMILES string of the molecule is C=COCCCCO.C=COCCCCOCC(O)COc1c(C(C)c2ccccc2)cc(C(C)c2ccccc2)cc1C(C)c1ccccc1. The summed E-state index contributed by atoms with van der Waals surface area (Å²) in [5.41, 5.74) is 7.22. The lowest BCUT2D eigenvalue weighted by atomic mass is 9.81. The number of aliphatic hydroxyl groups is 2. The van der Waals surface area contributed by atoms with Crippen molar-refractivity contribution in [2.75, 3.05) is 39.6 Å². The third kappa shape index (κ3) is 14.1. The van der Waals surface area contributed by atoms with Gasteiger partial charge in [0, 0.05) is 42.1 Å². The largest absolute Gasteiger partial charge is 0.502 e. The topological polar surface area (TPSA) is 77.4 Å². The van der Waals surface area contributed by atoms with E-state index in [-0.39, 0.29) is 37.6 Å². The molecule has 0 saturated heterocycles. The van der Waals surface area contributed by atoms with Gasteiger partial charge in [-0.2, -0.15) is 0 Å². The average molecular weight is 695 g/mol. The second-order valence-electron chi connectivity index (χ2n) is 12.7. The van der Waals surface area contributed by atoms with Gasteiger partial charge in [-0.15, -0.1) is 0 Å². The molecule has 0 spiro atoms. The van der Waals surface area contributed by atoms with E-state index in [1.54, 1.807) is 0 Å². The molecule has 0 aromatic heterocycles. The number of unbranched alkanes of at least 4 members (excludes halogenated alkanes) is 2. The molecule has 4 aromatic carbocycles.